The first-order valence-electron chi connectivity index (χ1n) is 6.43. The number of fused-ring (bicyclic) bond motifs is 5. The van der Waals surface area contributed by atoms with Crippen LogP contribution in [0.25, 0.3) is 0 Å². The van der Waals surface area contributed by atoms with Crippen molar-refractivity contribution < 1.29 is 9.59 Å². The van der Waals surface area contributed by atoms with Gasteiger partial charge >= 0.3 is 0 Å². The van der Waals surface area contributed by atoms with Crippen LogP contribution in [-0.2, 0) is 0 Å². The van der Waals surface area contributed by atoms with Gasteiger partial charge in [0.15, 0.2) is 5.78 Å². The molecule has 0 fully saturated rings. The van der Waals surface area contributed by atoms with Crippen LogP contribution in [0.3, 0.4) is 0 Å². The number of Topliss-reactive ketones (excluding diaryl/α,β-unsaturated/α-hetero) is 1. The summed E-state index contributed by atoms with van der Waals surface area (Å²) >= 11 is 1.52. The number of anilines is 1. The summed E-state index contributed by atoms with van der Waals surface area (Å²) in [6.45, 7) is 0. The maximum absolute atomic E-state index is 12.7. The molecule has 2 aliphatic rings. The molecule has 1 amide bonds. The zero-order valence-corrected chi connectivity index (χ0v) is 11.4. The SMILES string of the molecule is O=C1CS[C@H]2c3ccccc3C(=O)N2c2ccccc21. The van der Waals surface area contributed by atoms with Crippen LogP contribution in [0, 0.1) is 0 Å². The van der Waals surface area contributed by atoms with E-state index >= 15 is 0 Å². The van der Waals surface area contributed by atoms with Gasteiger partial charge in [0.25, 0.3) is 5.91 Å². The van der Waals surface area contributed by atoms with E-state index in [9.17, 15) is 9.59 Å². The summed E-state index contributed by atoms with van der Waals surface area (Å²) in [5.41, 5.74) is 3.12. The lowest BCUT2D eigenvalue weighted by Crippen LogP contribution is -2.26. The Balaban J connectivity index is 1.95. The highest BCUT2D eigenvalue weighted by Crippen LogP contribution is 2.47. The second kappa shape index (κ2) is 4.21. The minimum atomic E-state index is -0.0914. The van der Waals surface area contributed by atoms with Crippen molar-refractivity contribution in [3.8, 4) is 0 Å². The quantitative estimate of drug-likeness (QED) is 0.743. The van der Waals surface area contributed by atoms with Gasteiger partial charge in [-0.3, -0.25) is 14.5 Å². The van der Waals surface area contributed by atoms with Gasteiger partial charge in [0.1, 0.15) is 5.37 Å². The third kappa shape index (κ3) is 1.48. The largest absolute Gasteiger partial charge is 0.293 e. The third-order valence-corrected chi connectivity index (χ3v) is 4.96. The maximum Gasteiger partial charge on any atom is 0.259 e. The van der Waals surface area contributed by atoms with Crippen LogP contribution >= 0.6 is 11.8 Å². The van der Waals surface area contributed by atoms with Gasteiger partial charge in [-0.05, 0) is 23.8 Å². The summed E-state index contributed by atoms with van der Waals surface area (Å²) in [7, 11) is 0. The Morgan fingerprint density at radius 1 is 0.950 bits per heavy atom. The van der Waals surface area contributed by atoms with Crippen molar-refractivity contribution in [1.82, 2.24) is 0 Å². The Bertz CT molecular complexity index is 741. The molecule has 4 heteroatoms. The van der Waals surface area contributed by atoms with Gasteiger partial charge in [0, 0.05) is 11.1 Å². The summed E-state index contributed by atoms with van der Waals surface area (Å²) in [6, 6.07) is 15.0. The lowest BCUT2D eigenvalue weighted by atomic mass is 10.1. The minimum Gasteiger partial charge on any atom is -0.293 e. The number of hydrogen-bond donors (Lipinski definition) is 0. The molecule has 0 aromatic heterocycles. The Labute approximate surface area is 120 Å². The standard InChI is InChI=1S/C16H11NO2S/c18-14-9-20-16-11-6-2-1-5-10(11)15(19)17(16)13-8-4-3-7-12(13)14/h1-8,16H,9H2/t16-/m0/s1. The fraction of sp³-hybridized carbons (Fsp3) is 0.125. The van der Waals surface area contributed by atoms with Crippen molar-refractivity contribution in [1.29, 1.82) is 0 Å². The number of nitrogens with zero attached hydrogens (tertiary/aromatic N) is 1. The number of hydrogen-bond acceptors (Lipinski definition) is 3. The molecule has 0 saturated heterocycles. The molecule has 2 aliphatic heterocycles. The molecule has 0 bridgehead atoms. The molecule has 0 saturated carbocycles. The van der Waals surface area contributed by atoms with Crippen LogP contribution in [0.15, 0.2) is 48.5 Å². The summed E-state index contributed by atoms with van der Waals surface area (Å²) in [4.78, 5) is 26.6. The molecule has 1 atom stereocenters. The summed E-state index contributed by atoms with van der Waals surface area (Å²) in [5, 5.41) is -0.0914. The number of carbonyl (C=O) groups excluding carboxylic acids is 2. The molecule has 4 rings (SSSR count). The zero-order chi connectivity index (χ0) is 13.7. The Morgan fingerprint density at radius 3 is 2.50 bits per heavy atom. The van der Waals surface area contributed by atoms with E-state index in [4.69, 9.17) is 0 Å². The monoisotopic (exact) mass is 281 g/mol. The predicted octanol–water partition coefficient (Wildman–Crippen LogP) is 3.28. The Kier molecular flexibility index (Phi) is 2.47. The fourth-order valence-electron chi connectivity index (χ4n) is 2.83. The second-order valence-corrected chi connectivity index (χ2v) is 5.93. The van der Waals surface area contributed by atoms with Gasteiger partial charge < -0.3 is 0 Å². The van der Waals surface area contributed by atoms with Crippen LogP contribution in [0.5, 0.6) is 0 Å². The number of rotatable bonds is 0. The van der Waals surface area contributed by atoms with Crippen molar-refractivity contribution >= 4 is 29.1 Å². The highest BCUT2D eigenvalue weighted by molar-refractivity contribution is 8.00. The van der Waals surface area contributed by atoms with E-state index in [0.29, 0.717) is 11.3 Å². The number of thioether (sulfide) groups is 1. The molecule has 20 heavy (non-hydrogen) atoms. The number of amides is 1. The molecule has 0 spiro atoms. The first-order valence-corrected chi connectivity index (χ1v) is 7.48. The number of para-hydroxylation sites is 1. The van der Waals surface area contributed by atoms with Crippen molar-refractivity contribution in [2.45, 2.75) is 5.37 Å². The van der Waals surface area contributed by atoms with E-state index in [1.54, 1.807) is 11.0 Å². The van der Waals surface area contributed by atoms with Crippen molar-refractivity contribution in [2.75, 3.05) is 10.7 Å². The van der Waals surface area contributed by atoms with Crippen LogP contribution in [-0.4, -0.2) is 17.4 Å². The zero-order valence-electron chi connectivity index (χ0n) is 10.6. The first-order chi connectivity index (χ1) is 9.77. The Morgan fingerprint density at radius 2 is 1.65 bits per heavy atom. The highest BCUT2D eigenvalue weighted by Gasteiger charge is 2.41. The number of carbonyl (C=O) groups is 2. The van der Waals surface area contributed by atoms with Crippen molar-refractivity contribution in [2.24, 2.45) is 0 Å². The van der Waals surface area contributed by atoms with Crippen LogP contribution in [0.4, 0.5) is 5.69 Å². The summed E-state index contributed by atoms with van der Waals surface area (Å²) in [6.07, 6.45) is 0. The van der Waals surface area contributed by atoms with Gasteiger partial charge in [-0.2, -0.15) is 0 Å². The highest BCUT2D eigenvalue weighted by atomic mass is 32.2. The second-order valence-electron chi connectivity index (χ2n) is 4.87. The molecule has 98 valence electrons. The van der Waals surface area contributed by atoms with E-state index in [0.717, 1.165) is 16.8 Å². The lowest BCUT2D eigenvalue weighted by molar-refractivity contribution is 0.0996. The van der Waals surface area contributed by atoms with E-state index < -0.39 is 0 Å². The summed E-state index contributed by atoms with van der Waals surface area (Å²) in [5.74, 6) is 0.477. The van der Waals surface area contributed by atoms with Gasteiger partial charge in [0.2, 0.25) is 0 Å². The first kappa shape index (κ1) is 11.7. The summed E-state index contributed by atoms with van der Waals surface area (Å²) < 4.78 is 0. The topological polar surface area (TPSA) is 37.4 Å². The molecular weight excluding hydrogens is 270 g/mol. The van der Waals surface area contributed by atoms with Crippen LogP contribution in [0.1, 0.15) is 31.7 Å². The van der Waals surface area contributed by atoms with E-state index in [-0.39, 0.29) is 17.1 Å². The van der Waals surface area contributed by atoms with Gasteiger partial charge in [-0.25, -0.2) is 0 Å². The van der Waals surface area contributed by atoms with Gasteiger partial charge in [-0.1, -0.05) is 30.3 Å². The normalized spacial score (nSPS) is 20.2. The van der Waals surface area contributed by atoms with Gasteiger partial charge in [-0.15, -0.1) is 11.8 Å². The average molecular weight is 281 g/mol. The molecule has 0 unspecified atom stereocenters. The average Bonchev–Trinajstić information content (AvgIpc) is 2.68. The molecular formula is C16H11NO2S. The molecule has 0 radical (unpaired) electrons. The number of benzene rings is 2. The molecule has 0 aliphatic carbocycles. The molecule has 2 aromatic rings. The fourth-order valence-corrected chi connectivity index (χ4v) is 4.04. The van der Waals surface area contributed by atoms with E-state index in [1.807, 2.05) is 42.5 Å². The lowest BCUT2D eigenvalue weighted by Gasteiger charge is -2.23. The molecule has 3 nitrogen and oxygen atoms in total. The molecule has 2 aromatic carbocycles. The van der Waals surface area contributed by atoms with Crippen molar-refractivity contribution in [3.05, 3.63) is 65.2 Å². The van der Waals surface area contributed by atoms with Crippen LogP contribution in [0.2, 0.25) is 0 Å². The molecule has 2 heterocycles. The van der Waals surface area contributed by atoms with E-state index in [1.165, 1.54) is 11.8 Å². The predicted molar refractivity (Wildman–Crippen MR) is 79.2 cm³/mol. The Hall–Kier alpha value is -2.07. The smallest absolute Gasteiger partial charge is 0.259 e. The third-order valence-electron chi connectivity index (χ3n) is 3.75. The number of ketones is 1. The van der Waals surface area contributed by atoms with E-state index in [2.05, 4.69) is 0 Å². The molecule has 0 N–H and O–H groups in total. The van der Waals surface area contributed by atoms with Gasteiger partial charge in [0.05, 0.1) is 11.4 Å². The van der Waals surface area contributed by atoms with Crippen molar-refractivity contribution in [3.63, 3.8) is 0 Å². The van der Waals surface area contributed by atoms with Crippen LogP contribution < -0.4 is 4.90 Å². The maximum atomic E-state index is 12.7. The minimum absolute atomic E-state index is 0.0137.